The molecule has 0 spiro atoms. The van der Waals surface area contributed by atoms with Gasteiger partial charge in [-0.2, -0.15) is 0 Å². The van der Waals surface area contributed by atoms with Crippen LogP contribution >= 0.6 is 11.5 Å². The van der Waals surface area contributed by atoms with Gasteiger partial charge in [0.05, 0.1) is 12.1 Å². The highest BCUT2D eigenvalue weighted by molar-refractivity contribution is 7.03. The van der Waals surface area contributed by atoms with Gasteiger partial charge in [0.25, 0.3) is 5.91 Å². The second-order valence-corrected chi connectivity index (χ2v) is 4.50. The molecule has 6 heteroatoms. The van der Waals surface area contributed by atoms with Crippen LogP contribution in [0, 0.1) is 0 Å². The molecule has 0 unspecified atom stereocenters. The summed E-state index contributed by atoms with van der Waals surface area (Å²) < 4.78 is 3.63. The van der Waals surface area contributed by atoms with Crippen LogP contribution in [0.2, 0.25) is 0 Å². The maximum Gasteiger partial charge on any atom is 0.273 e. The minimum Gasteiger partial charge on any atom is -0.394 e. The van der Waals surface area contributed by atoms with Crippen molar-refractivity contribution >= 4 is 17.4 Å². The van der Waals surface area contributed by atoms with Crippen molar-refractivity contribution in [3.63, 3.8) is 0 Å². The van der Waals surface area contributed by atoms with Crippen molar-refractivity contribution in [3.8, 4) is 0 Å². The van der Waals surface area contributed by atoms with Crippen LogP contribution in [0.1, 0.15) is 36.2 Å². The topological polar surface area (TPSA) is 75.1 Å². The third kappa shape index (κ3) is 2.15. The SMILES string of the molecule is O=C(NC1(CO)CCCC1)c1csnn1. The van der Waals surface area contributed by atoms with Gasteiger partial charge in [-0.05, 0) is 24.4 Å². The Bertz CT molecular complexity index is 333. The van der Waals surface area contributed by atoms with Crippen LogP contribution in [0.5, 0.6) is 0 Å². The van der Waals surface area contributed by atoms with E-state index >= 15 is 0 Å². The number of carbonyl (C=O) groups excluding carboxylic acids is 1. The standard InChI is InChI=1S/C9H13N3O2S/c13-6-9(3-1-2-4-9)10-8(14)7-5-15-12-11-7/h5,13H,1-4,6H2,(H,10,14). The zero-order valence-corrected chi connectivity index (χ0v) is 9.09. The number of hydrogen-bond acceptors (Lipinski definition) is 5. The van der Waals surface area contributed by atoms with Gasteiger partial charge in [0.2, 0.25) is 0 Å². The zero-order valence-electron chi connectivity index (χ0n) is 8.27. The molecule has 15 heavy (non-hydrogen) atoms. The van der Waals surface area contributed by atoms with E-state index in [1.807, 2.05) is 0 Å². The first kappa shape index (κ1) is 10.5. The van der Waals surface area contributed by atoms with Crippen LogP contribution in [0.25, 0.3) is 0 Å². The molecule has 0 radical (unpaired) electrons. The van der Waals surface area contributed by atoms with Crippen LogP contribution in [0.4, 0.5) is 0 Å². The molecule has 1 amide bonds. The minimum atomic E-state index is -0.430. The average Bonchev–Trinajstić information content (AvgIpc) is 2.88. The largest absolute Gasteiger partial charge is 0.394 e. The van der Waals surface area contributed by atoms with Crippen LogP contribution in [0.15, 0.2) is 5.38 Å². The summed E-state index contributed by atoms with van der Waals surface area (Å²) in [6.07, 6.45) is 3.78. The van der Waals surface area contributed by atoms with Crippen LogP contribution in [-0.4, -0.2) is 32.7 Å². The summed E-state index contributed by atoms with van der Waals surface area (Å²) in [6, 6.07) is 0. The number of nitrogens with one attached hydrogen (secondary N) is 1. The van der Waals surface area contributed by atoms with Crippen molar-refractivity contribution in [2.45, 2.75) is 31.2 Å². The molecule has 1 heterocycles. The normalized spacial score (nSPS) is 19.0. The first-order valence-corrected chi connectivity index (χ1v) is 5.80. The second kappa shape index (κ2) is 4.24. The lowest BCUT2D eigenvalue weighted by molar-refractivity contribution is 0.0833. The molecule has 0 aliphatic heterocycles. The van der Waals surface area contributed by atoms with Gasteiger partial charge in [-0.25, -0.2) is 0 Å². The third-order valence-electron chi connectivity index (χ3n) is 2.83. The summed E-state index contributed by atoms with van der Waals surface area (Å²) >= 11 is 1.15. The molecule has 1 aliphatic carbocycles. The van der Waals surface area contributed by atoms with E-state index in [-0.39, 0.29) is 12.5 Å². The summed E-state index contributed by atoms with van der Waals surface area (Å²) in [5, 5.41) is 17.5. The Balaban J connectivity index is 2.04. The maximum absolute atomic E-state index is 11.7. The number of aliphatic hydroxyl groups is 1. The summed E-state index contributed by atoms with van der Waals surface area (Å²) in [5.41, 5.74) is -0.0968. The van der Waals surface area contributed by atoms with E-state index in [9.17, 15) is 9.90 Å². The van der Waals surface area contributed by atoms with E-state index in [4.69, 9.17) is 0 Å². The summed E-state index contributed by atoms with van der Waals surface area (Å²) in [5.74, 6) is -0.236. The molecule has 1 aromatic rings. The Kier molecular flexibility index (Phi) is 2.97. The third-order valence-corrected chi connectivity index (χ3v) is 3.34. The molecule has 2 rings (SSSR count). The first-order chi connectivity index (χ1) is 7.26. The van der Waals surface area contributed by atoms with Crippen LogP contribution < -0.4 is 5.32 Å². The molecule has 2 N–H and O–H groups in total. The Morgan fingerprint density at radius 1 is 1.60 bits per heavy atom. The number of rotatable bonds is 3. The smallest absolute Gasteiger partial charge is 0.273 e. The van der Waals surface area contributed by atoms with Gasteiger partial charge in [-0.3, -0.25) is 4.79 Å². The average molecular weight is 227 g/mol. The molecule has 0 saturated heterocycles. The van der Waals surface area contributed by atoms with E-state index in [2.05, 4.69) is 14.9 Å². The predicted octanol–water partition coefficient (Wildman–Crippen LogP) is 0.573. The Hall–Kier alpha value is -1.01. The first-order valence-electron chi connectivity index (χ1n) is 4.96. The highest BCUT2D eigenvalue weighted by Crippen LogP contribution is 2.29. The van der Waals surface area contributed by atoms with E-state index in [0.717, 1.165) is 37.2 Å². The van der Waals surface area contributed by atoms with Crippen molar-refractivity contribution in [3.05, 3.63) is 11.1 Å². The van der Waals surface area contributed by atoms with E-state index in [0.29, 0.717) is 5.69 Å². The van der Waals surface area contributed by atoms with Gasteiger partial charge in [-0.15, -0.1) is 5.10 Å². The fourth-order valence-electron chi connectivity index (χ4n) is 1.94. The van der Waals surface area contributed by atoms with Crippen molar-refractivity contribution in [1.29, 1.82) is 0 Å². The number of aromatic nitrogens is 2. The van der Waals surface area contributed by atoms with E-state index in [1.165, 1.54) is 0 Å². The molecular formula is C9H13N3O2S. The lowest BCUT2D eigenvalue weighted by atomic mass is 9.99. The highest BCUT2D eigenvalue weighted by Gasteiger charge is 2.35. The predicted molar refractivity (Wildman–Crippen MR) is 55.7 cm³/mol. The molecule has 0 bridgehead atoms. The van der Waals surface area contributed by atoms with E-state index in [1.54, 1.807) is 5.38 Å². The number of carbonyl (C=O) groups is 1. The fourth-order valence-corrected chi connectivity index (χ4v) is 2.38. The lowest BCUT2D eigenvalue weighted by Crippen LogP contribution is -2.49. The molecule has 5 nitrogen and oxygen atoms in total. The molecule has 1 aliphatic rings. The molecule has 0 aromatic carbocycles. The Labute approximate surface area is 91.7 Å². The molecule has 1 aromatic heterocycles. The highest BCUT2D eigenvalue weighted by atomic mass is 32.1. The number of hydrogen-bond donors (Lipinski definition) is 2. The van der Waals surface area contributed by atoms with Gasteiger partial charge >= 0.3 is 0 Å². The number of amides is 1. The molecule has 1 saturated carbocycles. The summed E-state index contributed by atoms with van der Waals surface area (Å²) in [6.45, 7) is -0.00366. The van der Waals surface area contributed by atoms with Crippen LogP contribution in [-0.2, 0) is 0 Å². The number of nitrogens with zero attached hydrogens (tertiary/aromatic N) is 2. The van der Waals surface area contributed by atoms with Gasteiger partial charge < -0.3 is 10.4 Å². The van der Waals surface area contributed by atoms with Gasteiger partial charge in [0.1, 0.15) is 0 Å². The quantitative estimate of drug-likeness (QED) is 0.791. The van der Waals surface area contributed by atoms with Crippen molar-refractivity contribution < 1.29 is 9.90 Å². The minimum absolute atomic E-state index is 0.00366. The maximum atomic E-state index is 11.7. The van der Waals surface area contributed by atoms with Gasteiger partial charge in [-0.1, -0.05) is 17.3 Å². The monoisotopic (exact) mass is 227 g/mol. The molecule has 1 fully saturated rings. The van der Waals surface area contributed by atoms with Crippen LogP contribution in [0.3, 0.4) is 0 Å². The lowest BCUT2D eigenvalue weighted by Gasteiger charge is -2.27. The van der Waals surface area contributed by atoms with Crippen molar-refractivity contribution in [1.82, 2.24) is 14.9 Å². The van der Waals surface area contributed by atoms with E-state index < -0.39 is 5.54 Å². The fraction of sp³-hybridized carbons (Fsp3) is 0.667. The zero-order chi connectivity index (χ0) is 10.7. The second-order valence-electron chi connectivity index (χ2n) is 3.89. The summed E-state index contributed by atoms with van der Waals surface area (Å²) in [4.78, 5) is 11.7. The molecule has 82 valence electrons. The Morgan fingerprint density at radius 3 is 2.87 bits per heavy atom. The molecular weight excluding hydrogens is 214 g/mol. The number of aliphatic hydroxyl groups excluding tert-OH is 1. The van der Waals surface area contributed by atoms with Crippen molar-refractivity contribution in [2.75, 3.05) is 6.61 Å². The van der Waals surface area contributed by atoms with Gasteiger partial charge in [0, 0.05) is 5.38 Å². The van der Waals surface area contributed by atoms with Gasteiger partial charge in [0.15, 0.2) is 5.69 Å². The van der Waals surface area contributed by atoms with Crippen molar-refractivity contribution in [2.24, 2.45) is 0 Å². The molecule has 0 atom stereocenters. The Morgan fingerprint density at radius 2 is 2.33 bits per heavy atom. The summed E-state index contributed by atoms with van der Waals surface area (Å²) in [7, 11) is 0.